The molecular formula is C12H22N2O2. The summed E-state index contributed by atoms with van der Waals surface area (Å²) < 4.78 is 5.62. The summed E-state index contributed by atoms with van der Waals surface area (Å²) in [6, 6.07) is 0.612. The molecule has 0 aromatic rings. The average molecular weight is 226 g/mol. The van der Waals surface area contributed by atoms with Crippen molar-refractivity contribution >= 4 is 5.91 Å². The van der Waals surface area contributed by atoms with Crippen molar-refractivity contribution < 1.29 is 9.53 Å². The van der Waals surface area contributed by atoms with Crippen LogP contribution in [0.4, 0.5) is 0 Å². The largest absolute Gasteiger partial charge is 0.366 e. The number of likely N-dealkylation sites (tertiary alicyclic amines) is 1. The molecule has 2 atom stereocenters. The third-order valence-electron chi connectivity index (χ3n) is 3.67. The first-order valence-electron chi connectivity index (χ1n) is 6.29. The fourth-order valence-electron chi connectivity index (χ4n) is 2.62. The van der Waals surface area contributed by atoms with E-state index in [0.717, 1.165) is 6.54 Å². The van der Waals surface area contributed by atoms with Crippen LogP contribution in [-0.2, 0) is 9.53 Å². The van der Waals surface area contributed by atoms with Crippen molar-refractivity contribution in [3.8, 4) is 0 Å². The molecule has 2 fully saturated rings. The maximum atomic E-state index is 11.0. The molecule has 2 saturated heterocycles. The number of carbonyl (C=O) groups is 1. The molecule has 2 rings (SSSR count). The van der Waals surface area contributed by atoms with E-state index in [9.17, 15) is 4.79 Å². The molecule has 0 spiro atoms. The van der Waals surface area contributed by atoms with E-state index in [1.54, 1.807) is 0 Å². The van der Waals surface area contributed by atoms with E-state index >= 15 is 0 Å². The highest BCUT2D eigenvalue weighted by Crippen LogP contribution is 2.23. The molecule has 1 amide bonds. The molecule has 2 heterocycles. The molecule has 92 valence electrons. The maximum absolute atomic E-state index is 11.0. The number of rotatable bonds is 2. The van der Waals surface area contributed by atoms with Gasteiger partial charge in [0.25, 0.3) is 0 Å². The number of carbonyl (C=O) groups excluding carboxylic acids is 1. The van der Waals surface area contributed by atoms with Crippen LogP contribution in [0.3, 0.4) is 0 Å². The van der Waals surface area contributed by atoms with Gasteiger partial charge in [-0.3, -0.25) is 4.79 Å². The van der Waals surface area contributed by atoms with Gasteiger partial charge in [0.05, 0.1) is 6.10 Å². The van der Waals surface area contributed by atoms with E-state index in [2.05, 4.69) is 24.1 Å². The fourth-order valence-corrected chi connectivity index (χ4v) is 2.62. The Hall–Kier alpha value is -0.610. The first-order valence-corrected chi connectivity index (χ1v) is 6.29. The second kappa shape index (κ2) is 5.15. The first-order chi connectivity index (χ1) is 7.66. The summed E-state index contributed by atoms with van der Waals surface area (Å²) in [5.74, 6) is 0.601. The lowest BCUT2D eigenvalue weighted by atomic mass is 9.91. The van der Waals surface area contributed by atoms with Crippen molar-refractivity contribution in [2.45, 2.75) is 38.8 Å². The zero-order valence-corrected chi connectivity index (χ0v) is 10.2. The molecule has 4 heteroatoms. The molecule has 16 heavy (non-hydrogen) atoms. The van der Waals surface area contributed by atoms with Crippen LogP contribution >= 0.6 is 0 Å². The van der Waals surface area contributed by atoms with Crippen LogP contribution in [0.2, 0.25) is 0 Å². The summed E-state index contributed by atoms with van der Waals surface area (Å²) >= 11 is 0. The van der Waals surface area contributed by atoms with Crippen LogP contribution in [0.25, 0.3) is 0 Å². The summed E-state index contributed by atoms with van der Waals surface area (Å²) in [6.45, 7) is 7.72. The number of nitrogens with one attached hydrogen (secondary N) is 1. The van der Waals surface area contributed by atoms with Crippen LogP contribution in [0.5, 0.6) is 0 Å². The highest BCUT2D eigenvalue weighted by Gasteiger charge is 2.31. The third-order valence-corrected chi connectivity index (χ3v) is 3.67. The van der Waals surface area contributed by atoms with E-state index in [1.165, 1.54) is 19.4 Å². The van der Waals surface area contributed by atoms with Crippen LogP contribution < -0.4 is 5.32 Å². The average Bonchev–Trinajstić information content (AvgIpc) is 2.30. The summed E-state index contributed by atoms with van der Waals surface area (Å²) in [6.07, 6.45) is 2.69. The molecule has 0 aromatic carbocycles. The van der Waals surface area contributed by atoms with Gasteiger partial charge in [-0.25, -0.2) is 0 Å². The molecule has 2 aliphatic heterocycles. The standard InChI is InChI=1S/C12H22N2O2/c1-9(2)14-5-3-4-10(7-14)11-6-13-12(15)8-16-11/h9-11H,3-8H2,1-2H3,(H,13,15). The number of ether oxygens (including phenoxy) is 1. The molecule has 0 bridgehead atoms. The lowest BCUT2D eigenvalue weighted by Crippen LogP contribution is -2.51. The quantitative estimate of drug-likeness (QED) is 0.750. The van der Waals surface area contributed by atoms with Crippen molar-refractivity contribution in [1.82, 2.24) is 10.2 Å². The molecule has 0 aromatic heterocycles. The van der Waals surface area contributed by atoms with Crippen LogP contribution in [0, 0.1) is 5.92 Å². The highest BCUT2D eigenvalue weighted by molar-refractivity contribution is 5.77. The normalized spacial score (nSPS) is 32.8. The first kappa shape index (κ1) is 11.9. The number of piperidine rings is 1. The smallest absolute Gasteiger partial charge is 0.246 e. The number of amides is 1. The van der Waals surface area contributed by atoms with Crippen molar-refractivity contribution in [1.29, 1.82) is 0 Å². The minimum atomic E-state index is 0.0211. The van der Waals surface area contributed by atoms with Crippen LogP contribution in [0.1, 0.15) is 26.7 Å². The molecule has 2 aliphatic rings. The topological polar surface area (TPSA) is 41.6 Å². The van der Waals surface area contributed by atoms with E-state index in [4.69, 9.17) is 4.74 Å². The van der Waals surface area contributed by atoms with Gasteiger partial charge >= 0.3 is 0 Å². The summed E-state index contributed by atoms with van der Waals surface area (Å²) in [5.41, 5.74) is 0. The van der Waals surface area contributed by atoms with E-state index in [1.807, 2.05) is 0 Å². The Balaban J connectivity index is 1.86. The zero-order valence-electron chi connectivity index (χ0n) is 10.2. The predicted octanol–water partition coefficient (Wildman–Crippen LogP) is 0.622. The molecule has 0 saturated carbocycles. The molecule has 1 N–H and O–H groups in total. The fraction of sp³-hybridized carbons (Fsp3) is 0.917. The Morgan fingerprint density at radius 3 is 2.94 bits per heavy atom. The van der Waals surface area contributed by atoms with E-state index < -0.39 is 0 Å². The summed E-state index contributed by atoms with van der Waals surface area (Å²) in [7, 11) is 0. The van der Waals surface area contributed by atoms with Crippen molar-refractivity contribution in [3.05, 3.63) is 0 Å². The van der Waals surface area contributed by atoms with Gasteiger partial charge in [-0.15, -0.1) is 0 Å². The van der Waals surface area contributed by atoms with Gasteiger partial charge in [0.15, 0.2) is 0 Å². The van der Waals surface area contributed by atoms with Crippen LogP contribution in [-0.4, -0.2) is 49.2 Å². The number of morpholine rings is 1. The Morgan fingerprint density at radius 2 is 2.31 bits per heavy atom. The molecule has 4 nitrogen and oxygen atoms in total. The van der Waals surface area contributed by atoms with Gasteiger partial charge in [0, 0.05) is 19.1 Å². The Kier molecular flexibility index (Phi) is 3.82. The minimum absolute atomic E-state index is 0.0211. The molecule has 0 radical (unpaired) electrons. The molecule has 0 aliphatic carbocycles. The number of nitrogens with zero attached hydrogens (tertiary/aromatic N) is 1. The number of hydrogen-bond donors (Lipinski definition) is 1. The van der Waals surface area contributed by atoms with E-state index in [0.29, 0.717) is 18.5 Å². The lowest BCUT2D eigenvalue weighted by Gasteiger charge is -2.39. The Bertz CT molecular complexity index is 245. The van der Waals surface area contributed by atoms with Gasteiger partial charge in [-0.05, 0) is 39.2 Å². The van der Waals surface area contributed by atoms with Crippen molar-refractivity contribution in [2.75, 3.05) is 26.2 Å². The number of hydrogen-bond acceptors (Lipinski definition) is 3. The summed E-state index contributed by atoms with van der Waals surface area (Å²) in [5, 5.41) is 2.89. The van der Waals surface area contributed by atoms with Gasteiger partial charge in [0.1, 0.15) is 6.61 Å². The van der Waals surface area contributed by atoms with Crippen LogP contribution in [0.15, 0.2) is 0 Å². The lowest BCUT2D eigenvalue weighted by molar-refractivity contribution is -0.136. The van der Waals surface area contributed by atoms with Crippen molar-refractivity contribution in [2.24, 2.45) is 5.92 Å². The molecular weight excluding hydrogens is 204 g/mol. The predicted molar refractivity (Wildman–Crippen MR) is 62.2 cm³/mol. The SMILES string of the molecule is CC(C)N1CCCC(C2CNC(=O)CO2)C1. The Morgan fingerprint density at radius 1 is 1.50 bits per heavy atom. The second-order valence-corrected chi connectivity index (χ2v) is 5.14. The summed E-state index contributed by atoms with van der Waals surface area (Å²) in [4.78, 5) is 13.5. The van der Waals surface area contributed by atoms with Gasteiger partial charge in [0.2, 0.25) is 5.91 Å². The van der Waals surface area contributed by atoms with Gasteiger partial charge in [-0.1, -0.05) is 0 Å². The minimum Gasteiger partial charge on any atom is -0.366 e. The monoisotopic (exact) mass is 226 g/mol. The third kappa shape index (κ3) is 2.74. The Labute approximate surface area is 97.3 Å². The maximum Gasteiger partial charge on any atom is 0.246 e. The van der Waals surface area contributed by atoms with E-state index in [-0.39, 0.29) is 18.6 Å². The molecule has 2 unspecified atom stereocenters. The zero-order chi connectivity index (χ0) is 11.5. The van der Waals surface area contributed by atoms with Crippen molar-refractivity contribution in [3.63, 3.8) is 0 Å². The van der Waals surface area contributed by atoms with Gasteiger partial charge in [-0.2, -0.15) is 0 Å². The second-order valence-electron chi connectivity index (χ2n) is 5.14. The van der Waals surface area contributed by atoms with Gasteiger partial charge < -0.3 is 15.0 Å². The highest BCUT2D eigenvalue weighted by atomic mass is 16.5.